The predicted molar refractivity (Wildman–Crippen MR) is 64.1 cm³/mol. The van der Waals surface area contributed by atoms with Gasteiger partial charge < -0.3 is 4.74 Å². The van der Waals surface area contributed by atoms with Gasteiger partial charge >= 0.3 is 5.97 Å². The molecule has 0 aliphatic carbocycles. The lowest BCUT2D eigenvalue weighted by molar-refractivity contribution is -0.138. The van der Waals surface area contributed by atoms with E-state index in [0.717, 1.165) is 0 Å². The fourth-order valence-electron chi connectivity index (χ4n) is 1.17. The van der Waals surface area contributed by atoms with E-state index in [1.807, 2.05) is 0 Å². The van der Waals surface area contributed by atoms with Crippen LogP contribution in [0.4, 0.5) is 0 Å². The number of carbonyl (C=O) groups is 2. The number of rotatable bonds is 4. The maximum atomic E-state index is 11.9. The Morgan fingerprint density at radius 2 is 2.12 bits per heavy atom. The second-order valence-electron chi connectivity index (χ2n) is 3.32. The third-order valence-corrected chi connectivity index (χ3v) is 2.32. The van der Waals surface area contributed by atoms with Crippen LogP contribution in [0, 0.1) is 6.92 Å². The summed E-state index contributed by atoms with van der Waals surface area (Å²) in [6.45, 7) is 6.99. The predicted octanol–water partition coefficient (Wildman–Crippen LogP) is 2.35. The smallest absolute Gasteiger partial charge is 0.341 e. The molecule has 4 nitrogen and oxygen atoms in total. The molecule has 0 N–H and O–H groups in total. The minimum absolute atomic E-state index is 0.0560. The van der Waals surface area contributed by atoms with Crippen molar-refractivity contribution in [3.8, 4) is 0 Å². The van der Waals surface area contributed by atoms with E-state index >= 15 is 0 Å². The molecule has 0 saturated carbocycles. The SMILES string of the molecule is C=C(C(=O)OCC)C(=O)c1ccc(C)nc1Cl. The number of Topliss-reactive ketones (excluding diaryl/α,β-unsaturated/α-hetero) is 1. The number of ether oxygens (including phenoxy) is 1. The molecule has 0 aromatic carbocycles. The van der Waals surface area contributed by atoms with E-state index < -0.39 is 11.8 Å². The van der Waals surface area contributed by atoms with E-state index in [1.54, 1.807) is 19.9 Å². The molecule has 17 heavy (non-hydrogen) atoms. The molecule has 0 aliphatic heterocycles. The van der Waals surface area contributed by atoms with Crippen molar-refractivity contribution >= 4 is 23.4 Å². The summed E-state index contributed by atoms with van der Waals surface area (Å²) < 4.78 is 4.69. The van der Waals surface area contributed by atoms with Crippen molar-refractivity contribution in [2.24, 2.45) is 0 Å². The van der Waals surface area contributed by atoms with E-state index in [4.69, 9.17) is 11.6 Å². The van der Waals surface area contributed by atoms with Gasteiger partial charge in [0, 0.05) is 5.69 Å². The van der Waals surface area contributed by atoms with Crippen molar-refractivity contribution in [1.82, 2.24) is 4.98 Å². The Morgan fingerprint density at radius 1 is 1.47 bits per heavy atom. The van der Waals surface area contributed by atoms with Crippen LogP contribution in [0.5, 0.6) is 0 Å². The van der Waals surface area contributed by atoms with Crippen LogP contribution in [-0.2, 0) is 9.53 Å². The van der Waals surface area contributed by atoms with Crippen LogP contribution >= 0.6 is 11.6 Å². The molecule has 0 spiro atoms. The first-order valence-electron chi connectivity index (χ1n) is 5.01. The van der Waals surface area contributed by atoms with E-state index in [1.165, 1.54) is 6.07 Å². The molecule has 1 aromatic rings. The first-order chi connectivity index (χ1) is 7.97. The van der Waals surface area contributed by atoms with E-state index in [0.29, 0.717) is 5.69 Å². The normalized spacial score (nSPS) is 9.82. The van der Waals surface area contributed by atoms with Gasteiger partial charge in [-0.05, 0) is 26.0 Å². The molecule has 0 aliphatic rings. The summed E-state index contributed by atoms with van der Waals surface area (Å²) in [5.74, 6) is -1.31. The molecule has 0 atom stereocenters. The highest BCUT2D eigenvalue weighted by molar-refractivity contribution is 6.35. The molecule has 0 amide bonds. The first kappa shape index (κ1) is 13.4. The van der Waals surface area contributed by atoms with Crippen molar-refractivity contribution in [2.45, 2.75) is 13.8 Å². The van der Waals surface area contributed by atoms with Crippen LogP contribution in [-0.4, -0.2) is 23.3 Å². The summed E-state index contributed by atoms with van der Waals surface area (Å²) in [6, 6.07) is 3.15. The summed E-state index contributed by atoms with van der Waals surface area (Å²) in [6.07, 6.45) is 0. The Kier molecular flexibility index (Phi) is 4.40. The van der Waals surface area contributed by atoms with E-state index in [2.05, 4.69) is 16.3 Å². The van der Waals surface area contributed by atoms with Crippen molar-refractivity contribution < 1.29 is 14.3 Å². The number of aromatic nitrogens is 1. The third kappa shape index (κ3) is 3.14. The van der Waals surface area contributed by atoms with Gasteiger partial charge in [0.1, 0.15) is 10.7 Å². The lowest BCUT2D eigenvalue weighted by atomic mass is 10.1. The molecule has 1 rings (SSSR count). The molecule has 1 aromatic heterocycles. The number of carbonyl (C=O) groups excluding carboxylic acids is 2. The van der Waals surface area contributed by atoms with Crippen molar-refractivity contribution in [1.29, 1.82) is 0 Å². The number of aryl methyl sites for hydroxylation is 1. The van der Waals surface area contributed by atoms with Gasteiger partial charge in [-0.15, -0.1) is 0 Å². The molecule has 0 bridgehead atoms. The minimum atomic E-state index is -0.742. The number of pyridine rings is 1. The third-order valence-electron chi connectivity index (χ3n) is 2.03. The molecule has 5 heteroatoms. The maximum absolute atomic E-state index is 11.9. The van der Waals surface area contributed by atoms with E-state index in [9.17, 15) is 9.59 Å². The van der Waals surface area contributed by atoms with Gasteiger partial charge in [0.2, 0.25) is 5.78 Å². The first-order valence-corrected chi connectivity index (χ1v) is 5.39. The van der Waals surface area contributed by atoms with Gasteiger partial charge in [-0.25, -0.2) is 9.78 Å². The van der Waals surface area contributed by atoms with Crippen molar-refractivity contribution in [3.63, 3.8) is 0 Å². The second-order valence-corrected chi connectivity index (χ2v) is 3.68. The standard InChI is InChI=1S/C12H12ClNO3/c1-4-17-12(16)8(3)10(15)9-6-5-7(2)14-11(9)13/h5-6H,3-4H2,1-2H3. The molecule has 90 valence electrons. The zero-order valence-corrected chi connectivity index (χ0v) is 10.4. The average Bonchev–Trinajstić information content (AvgIpc) is 2.27. The average molecular weight is 254 g/mol. The molecule has 0 fully saturated rings. The molecule has 1 heterocycles. The Morgan fingerprint density at radius 3 is 2.65 bits per heavy atom. The number of ketones is 1. The molecular weight excluding hydrogens is 242 g/mol. The van der Waals surface area contributed by atoms with Gasteiger partial charge in [-0.1, -0.05) is 18.2 Å². The topological polar surface area (TPSA) is 56.3 Å². The highest BCUT2D eigenvalue weighted by atomic mass is 35.5. The van der Waals surface area contributed by atoms with Gasteiger partial charge in [0.05, 0.1) is 12.2 Å². The summed E-state index contributed by atoms with van der Waals surface area (Å²) in [5, 5.41) is 0.0560. The van der Waals surface area contributed by atoms with Gasteiger partial charge in [-0.2, -0.15) is 0 Å². The molecule has 0 unspecified atom stereocenters. The fraction of sp³-hybridized carbons (Fsp3) is 0.250. The quantitative estimate of drug-likeness (QED) is 0.206. The highest BCUT2D eigenvalue weighted by Gasteiger charge is 2.21. The van der Waals surface area contributed by atoms with Crippen LogP contribution in [0.15, 0.2) is 24.3 Å². The molecular formula is C12H12ClNO3. The number of esters is 1. The van der Waals surface area contributed by atoms with Gasteiger partial charge in [0.25, 0.3) is 0 Å². The summed E-state index contributed by atoms with van der Waals surface area (Å²) >= 11 is 5.83. The van der Waals surface area contributed by atoms with Crippen LogP contribution in [0.1, 0.15) is 23.0 Å². The highest BCUT2D eigenvalue weighted by Crippen LogP contribution is 2.17. The monoisotopic (exact) mass is 253 g/mol. The second kappa shape index (κ2) is 5.59. The molecule has 0 saturated heterocycles. The Labute approximate surface area is 104 Å². The number of hydrogen-bond donors (Lipinski definition) is 0. The Hall–Kier alpha value is -1.68. The van der Waals surface area contributed by atoms with Crippen LogP contribution < -0.4 is 0 Å². The largest absolute Gasteiger partial charge is 0.462 e. The Bertz CT molecular complexity index is 483. The molecule has 0 radical (unpaired) electrons. The van der Waals surface area contributed by atoms with Crippen LogP contribution in [0.3, 0.4) is 0 Å². The summed E-state index contributed by atoms with van der Waals surface area (Å²) in [5.41, 5.74) is 0.586. The van der Waals surface area contributed by atoms with Crippen LogP contribution in [0.25, 0.3) is 0 Å². The number of hydrogen-bond acceptors (Lipinski definition) is 4. The summed E-state index contributed by atoms with van der Waals surface area (Å²) in [4.78, 5) is 27.1. The lowest BCUT2D eigenvalue weighted by Gasteiger charge is -2.06. The maximum Gasteiger partial charge on any atom is 0.341 e. The van der Waals surface area contributed by atoms with Crippen LogP contribution in [0.2, 0.25) is 5.15 Å². The number of halogens is 1. The minimum Gasteiger partial charge on any atom is -0.462 e. The summed E-state index contributed by atoms with van der Waals surface area (Å²) in [7, 11) is 0. The van der Waals surface area contributed by atoms with Crippen molar-refractivity contribution in [3.05, 3.63) is 40.7 Å². The van der Waals surface area contributed by atoms with Crippen molar-refractivity contribution in [2.75, 3.05) is 6.61 Å². The van der Waals surface area contributed by atoms with Gasteiger partial charge in [0.15, 0.2) is 0 Å². The number of nitrogens with zero attached hydrogens (tertiary/aromatic N) is 1. The Balaban J connectivity index is 2.97. The lowest BCUT2D eigenvalue weighted by Crippen LogP contribution is -2.15. The zero-order chi connectivity index (χ0) is 13.0. The van der Waals surface area contributed by atoms with E-state index in [-0.39, 0.29) is 22.9 Å². The zero-order valence-electron chi connectivity index (χ0n) is 9.62. The van der Waals surface area contributed by atoms with Gasteiger partial charge in [-0.3, -0.25) is 4.79 Å². The fourth-order valence-corrected chi connectivity index (χ4v) is 1.45.